The minimum atomic E-state index is -0.465. The van der Waals surface area contributed by atoms with E-state index >= 15 is 0 Å². The van der Waals surface area contributed by atoms with Crippen LogP contribution in [-0.2, 0) is 0 Å². The van der Waals surface area contributed by atoms with Crippen molar-refractivity contribution in [3.63, 3.8) is 0 Å². The van der Waals surface area contributed by atoms with Gasteiger partial charge >= 0.3 is 0 Å². The third-order valence-corrected chi connectivity index (χ3v) is 4.53. The molecule has 24 heavy (non-hydrogen) atoms. The van der Waals surface area contributed by atoms with Gasteiger partial charge in [-0.05, 0) is 48.7 Å². The van der Waals surface area contributed by atoms with E-state index in [1.165, 1.54) is 0 Å². The van der Waals surface area contributed by atoms with Crippen molar-refractivity contribution in [1.82, 2.24) is 4.90 Å². The van der Waals surface area contributed by atoms with Crippen molar-refractivity contribution in [3.05, 3.63) is 63.1 Å². The summed E-state index contributed by atoms with van der Waals surface area (Å²) in [5.41, 5.74) is 3.27. The Morgan fingerprint density at radius 3 is 2.54 bits per heavy atom. The van der Waals surface area contributed by atoms with Gasteiger partial charge in [0.05, 0.1) is 29.0 Å². The van der Waals surface area contributed by atoms with Crippen molar-refractivity contribution in [1.29, 1.82) is 5.26 Å². The molecular weight excluding hydrogens is 341 g/mol. The third-order valence-electron chi connectivity index (χ3n) is 3.88. The van der Waals surface area contributed by atoms with Crippen LogP contribution in [0.5, 0.6) is 0 Å². The third kappa shape index (κ3) is 4.08. The first-order valence-corrected chi connectivity index (χ1v) is 8.42. The molecular formula is C19H19Cl2N3. The highest BCUT2D eigenvalue weighted by Crippen LogP contribution is 2.36. The molecule has 1 unspecified atom stereocenters. The molecule has 0 saturated heterocycles. The first kappa shape index (κ1) is 18.3. The van der Waals surface area contributed by atoms with E-state index in [-0.39, 0.29) is 0 Å². The number of hydrogen-bond acceptors (Lipinski definition) is 2. The Morgan fingerprint density at radius 2 is 1.92 bits per heavy atom. The van der Waals surface area contributed by atoms with Gasteiger partial charge in [-0.25, -0.2) is 4.99 Å². The minimum absolute atomic E-state index is 0.465. The molecule has 0 radical (unpaired) electrons. The van der Waals surface area contributed by atoms with Gasteiger partial charge in [0.25, 0.3) is 0 Å². The molecule has 0 aliphatic rings. The Hall–Kier alpha value is -2.02. The maximum absolute atomic E-state index is 9.66. The van der Waals surface area contributed by atoms with Crippen LogP contribution in [0.4, 0.5) is 5.69 Å². The molecule has 0 fully saturated rings. The number of halogens is 2. The average molecular weight is 360 g/mol. The lowest BCUT2D eigenvalue weighted by atomic mass is 9.89. The van der Waals surface area contributed by atoms with Gasteiger partial charge in [0.15, 0.2) is 0 Å². The Balaban J connectivity index is 2.45. The molecule has 0 heterocycles. The van der Waals surface area contributed by atoms with Gasteiger partial charge < -0.3 is 4.90 Å². The lowest BCUT2D eigenvalue weighted by Gasteiger charge is -2.16. The molecule has 0 aliphatic carbocycles. The lowest BCUT2D eigenvalue weighted by molar-refractivity contribution is 0.552. The smallest absolute Gasteiger partial charge is 0.0980 e. The summed E-state index contributed by atoms with van der Waals surface area (Å²) in [6.07, 6.45) is 1.75. The van der Waals surface area contributed by atoms with Crippen molar-refractivity contribution < 1.29 is 0 Å². The molecule has 0 saturated carbocycles. The lowest BCUT2D eigenvalue weighted by Crippen LogP contribution is -2.14. The normalized spacial score (nSPS) is 12.2. The molecule has 0 aromatic heterocycles. The Labute approximate surface area is 153 Å². The van der Waals surface area contributed by atoms with E-state index in [1.54, 1.807) is 12.4 Å². The quantitative estimate of drug-likeness (QED) is 0.517. The van der Waals surface area contributed by atoms with Crippen LogP contribution in [0.3, 0.4) is 0 Å². The average Bonchev–Trinajstić information content (AvgIpc) is 2.58. The maximum Gasteiger partial charge on any atom is 0.0980 e. The largest absolute Gasteiger partial charge is 0.366 e. The number of aliphatic imine (C=N–C) groups is 1. The number of aryl methyl sites for hydroxylation is 1. The molecule has 0 spiro atoms. The Bertz CT molecular complexity index is 794. The second-order valence-electron chi connectivity index (χ2n) is 5.56. The zero-order chi connectivity index (χ0) is 17.7. The van der Waals surface area contributed by atoms with Gasteiger partial charge in [0.2, 0.25) is 0 Å². The minimum Gasteiger partial charge on any atom is -0.366 e. The zero-order valence-corrected chi connectivity index (χ0v) is 15.4. The molecule has 1 atom stereocenters. The van der Waals surface area contributed by atoms with E-state index < -0.39 is 5.92 Å². The van der Waals surface area contributed by atoms with Gasteiger partial charge in [-0.2, -0.15) is 5.26 Å². The highest BCUT2D eigenvalue weighted by Gasteiger charge is 2.19. The first-order chi connectivity index (χ1) is 11.5. The van der Waals surface area contributed by atoms with Crippen molar-refractivity contribution in [2.45, 2.75) is 19.8 Å². The van der Waals surface area contributed by atoms with E-state index in [0.29, 0.717) is 15.7 Å². The summed E-state index contributed by atoms with van der Waals surface area (Å²) < 4.78 is 0. The second kappa shape index (κ2) is 8.19. The van der Waals surface area contributed by atoms with E-state index in [9.17, 15) is 5.26 Å². The fourth-order valence-electron chi connectivity index (χ4n) is 2.35. The number of nitriles is 1. The van der Waals surface area contributed by atoms with Crippen molar-refractivity contribution in [3.8, 4) is 6.07 Å². The molecule has 0 aliphatic heterocycles. The topological polar surface area (TPSA) is 39.4 Å². The molecule has 0 N–H and O–H groups in total. The van der Waals surface area contributed by atoms with Crippen molar-refractivity contribution >= 4 is 35.2 Å². The number of hydrogen-bond donors (Lipinski definition) is 0. The van der Waals surface area contributed by atoms with Gasteiger partial charge in [0.1, 0.15) is 0 Å². The molecule has 5 heteroatoms. The van der Waals surface area contributed by atoms with Gasteiger partial charge in [-0.15, -0.1) is 0 Å². The number of nitrogens with zero attached hydrogens (tertiary/aromatic N) is 3. The van der Waals surface area contributed by atoms with E-state index in [2.05, 4.69) is 11.1 Å². The molecule has 0 bridgehead atoms. The van der Waals surface area contributed by atoms with Crippen LogP contribution < -0.4 is 0 Å². The maximum atomic E-state index is 9.66. The highest BCUT2D eigenvalue weighted by molar-refractivity contribution is 6.33. The molecule has 2 aromatic carbocycles. The Morgan fingerprint density at radius 1 is 1.21 bits per heavy atom. The van der Waals surface area contributed by atoms with Gasteiger partial charge in [0, 0.05) is 18.6 Å². The summed E-state index contributed by atoms with van der Waals surface area (Å²) in [4.78, 5) is 6.37. The molecule has 3 nitrogen and oxygen atoms in total. The van der Waals surface area contributed by atoms with Crippen LogP contribution >= 0.6 is 23.2 Å². The van der Waals surface area contributed by atoms with E-state index in [4.69, 9.17) is 23.2 Å². The predicted molar refractivity (Wildman–Crippen MR) is 102 cm³/mol. The molecule has 124 valence electrons. The van der Waals surface area contributed by atoms with Gasteiger partial charge in [-0.1, -0.05) is 41.4 Å². The molecule has 2 rings (SSSR count). The van der Waals surface area contributed by atoms with Crippen LogP contribution in [0.1, 0.15) is 29.5 Å². The van der Waals surface area contributed by atoms with Crippen molar-refractivity contribution in [2.24, 2.45) is 4.99 Å². The summed E-state index contributed by atoms with van der Waals surface area (Å²) in [5, 5.41) is 10.8. The second-order valence-corrected chi connectivity index (χ2v) is 6.38. The fourth-order valence-corrected chi connectivity index (χ4v) is 2.82. The van der Waals surface area contributed by atoms with Crippen LogP contribution in [0.2, 0.25) is 10.0 Å². The summed E-state index contributed by atoms with van der Waals surface area (Å²) in [5.74, 6) is -0.465. The highest BCUT2D eigenvalue weighted by atomic mass is 35.5. The summed E-state index contributed by atoms with van der Waals surface area (Å²) in [6.45, 7) is 4.86. The summed E-state index contributed by atoms with van der Waals surface area (Å²) >= 11 is 12.6. The summed E-state index contributed by atoms with van der Waals surface area (Å²) in [7, 11) is 1.95. The molecule has 0 amide bonds. The summed E-state index contributed by atoms with van der Waals surface area (Å²) in [6, 6.07) is 13.4. The fraction of sp³-hybridized carbons (Fsp3) is 0.263. The van der Waals surface area contributed by atoms with E-state index in [0.717, 1.165) is 23.2 Å². The van der Waals surface area contributed by atoms with Crippen LogP contribution in [0.15, 0.2) is 41.4 Å². The predicted octanol–water partition coefficient (Wildman–Crippen LogP) is 5.57. The standard InChI is InChI=1S/C19H19Cl2N3/c1-4-24(3)12-23-19-9-13(2)15(10-18(19)21)16(11-22)14-7-5-6-8-17(14)20/h5-10,12,16H,4H2,1-3H3. The monoisotopic (exact) mass is 359 g/mol. The number of benzene rings is 2. The Kier molecular flexibility index (Phi) is 6.25. The van der Waals surface area contributed by atoms with Crippen LogP contribution in [0.25, 0.3) is 0 Å². The van der Waals surface area contributed by atoms with Crippen molar-refractivity contribution in [2.75, 3.05) is 13.6 Å². The molecule has 2 aromatic rings. The zero-order valence-electron chi connectivity index (χ0n) is 13.9. The number of rotatable bonds is 5. The van der Waals surface area contributed by atoms with Crippen LogP contribution in [-0.4, -0.2) is 24.8 Å². The SMILES string of the molecule is CCN(C)C=Nc1cc(C)c(C(C#N)c2ccccc2Cl)cc1Cl. The van der Waals surface area contributed by atoms with Crippen LogP contribution in [0, 0.1) is 18.3 Å². The van der Waals surface area contributed by atoms with E-state index in [1.807, 2.05) is 56.1 Å². The van der Waals surface area contributed by atoms with Gasteiger partial charge in [-0.3, -0.25) is 0 Å². The first-order valence-electron chi connectivity index (χ1n) is 7.66.